The van der Waals surface area contributed by atoms with Gasteiger partial charge in [0.25, 0.3) is 0 Å². The van der Waals surface area contributed by atoms with Crippen molar-refractivity contribution >= 4 is 5.69 Å². The van der Waals surface area contributed by atoms with E-state index in [1.54, 1.807) is 0 Å². The number of benzene rings is 1. The monoisotopic (exact) mass is 232 g/mol. The highest BCUT2D eigenvalue weighted by atomic mass is 15.2. The highest BCUT2D eigenvalue weighted by Crippen LogP contribution is 2.28. The Kier molecular flexibility index (Phi) is 4.43. The highest BCUT2D eigenvalue weighted by Gasteiger charge is 2.28. The maximum absolute atomic E-state index is 5.83. The molecule has 0 amide bonds. The Labute approximate surface area is 105 Å². The van der Waals surface area contributed by atoms with E-state index < -0.39 is 0 Å². The highest BCUT2D eigenvalue weighted by molar-refractivity contribution is 5.40. The van der Waals surface area contributed by atoms with Crippen LogP contribution in [0.5, 0.6) is 0 Å². The zero-order valence-corrected chi connectivity index (χ0v) is 10.9. The summed E-state index contributed by atoms with van der Waals surface area (Å²) in [4.78, 5) is 2.63. The molecule has 1 saturated carbocycles. The minimum absolute atomic E-state index is 0.841. The Morgan fingerprint density at radius 2 is 2.12 bits per heavy atom. The van der Waals surface area contributed by atoms with Gasteiger partial charge in [-0.25, -0.2) is 0 Å². The lowest BCUT2D eigenvalue weighted by Gasteiger charge is -2.22. The summed E-state index contributed by atoms with van der Waals surface area (Å²) in [7, 11) is 0. The van der Waals surface area contributed by atoms with Gasteiger partial charge in [0.2, 0.25) is 0 Å². The van der Waals surface area contributed by atoms with Crippen molar-refractivity contribution < 1.29 is 0 Å². The lowest BCUT2D eigenvalue weighted by atomic mass is 10.1. The summed E-state index contributed by atoms with van der Waals surface area (Å²) >= 11 is 0. The lowest BCUT2D eigenvalue weighted by Crippen LogP contribution is -2.26. The second kappa shape index (κ2) is 6.06. The van der Waals surface area contributed by atoms with Crippen molar-refractivity contribution in [2.45, 2.75) is 51.6 Å². The summed E-state index contributed by atoms with van der Waals surface area (Å²) in [6, 6.07) is 9.15. The van der Waals surface area contributed by atoms with E-state index >= 15 is 0 Å². The molecule has 0 unspecified atom stereocenters. The molecule has 0 radical (unpaired) electrons. The Bertz CT molecular complexity index is 345. The first-order valence-electron chi connectivity index (χ1n) is 6.88. The maximum Gasteiger partial charge on any atom is 0.0317 e. The molecule has 1 aliphatic carbocycles. The van der Waals surface area contributed by atoms with E-state index in [4.69, 9.17) is 5.73 Å². The van der Waals surface area contributed by atoms with Crippen molar-refractivity contribution in [3.63, 3.8) is 0 Å². The van der Waals surface area contributed by atoms with Crippen LogP contribution in [0.3, 0.4) is 0 Å². The second-order valence-corrected chi connectivity index (χ2v) is 5.15. The summed E-state index contributed by atoms with van der Waals surface area (Å²) in [5.41, 5.74) is 8.07. The summed E-state index contributed by atoms with van der Waals surface area (Å²) in [5.74, 6) is 0. The van der Waals surface area contributed by atoms with Crippen LogP contribution in [0.15, 0.2) is 24.3 Å². The fraction of sp³-hybridized carbons (Fsp3) is 0.600. The molecule has 1 aromatic carbocycles. The quantitative estimate of drug-likeness (QED) is 0.576. The average Bonchev–Trinajstić information content (AvgIpc) is 3.12. The number of nitrogens with two attached hydrogens (primary N) is 1. The summed E-state index contributed by atoms with van der Waals surface area (Å²) in [6.07, 6.45) is 6.75. The van der Waals surface area contributed by atoms with E-state index in [0.29, 0.717) is 0 Å². The van der Waals surface area contributed by atoms with Crippen LogP contribution in [0.1, 0.15) is 44.6 Å². The SMILES string of the molecule is CCCCCN(Cc1cccc(N)c1)C1CC1. The molecule has 0 atom stereocenters. The summed E-state index contributed by atoms with van der Waals surface area (Å²) in [6.45, 7) is 4.58. The first kappa shape index (κ1) is 12.4. The molecular formula is C15H24N2. The molecule has 2 N–H and O–H groups in total. The number of nitrogens with zero attached hydrogens (tertiary/aromatic N) is 1. The van der Waals surface area contributed by atoms with Crippen molar-refractivity contribution in [3.05, 3.63) is 29.8 Å². The second-order valence-electron chi connectivity index (χ2n) is 5.15. The van der Waals surface area contributed by atoms with Gasteiger partial charge in [-0.05, 0) is 43.5 Å². The van der Waals surface area contributed by atoms with E-state index in [0.717, 1.165) is 18.3 Å². The standard InChI is InChI=1S/C15H24N2/c1-2-3-4-10-17(15-8-9-15)12-13-6-5-7-14(16)11-13/h5-7,11,15H,2-4,8-10,12,16H2,1H3. The van der Waals surface area contributed by atoms with Crippen molar-refractivity contribution in [3.8, 4) is 0 Å². The largest absolute Gasteiger partial charge is 0.399 e. The number of anilines is 1. The molecule has 2 heteroatoms. The van der Waals surface area contributed by atoms with Crippen LogP contribution in [0.25, 0.3) is 0 Å². The van der Waals surface area contributed by atoms with Crippen molar-refractivity contribution in [2.75, 3.05) is 12.3 Å². The third-order valence-electron chi connectivity index (χ3n) is 3.45. The molecule has 1 aromatic rings. The third kappa shape index (κ3) is 4.04. The van der Waals surface area contributed by atoms with E-state index in [-0.39, 0.29) is 0 Å². The molecule has 0 aliphatic heterocycles. The molecule has 2 rings (SSSR count). The first-order valence-corrected chi connectivity index (χ1v) is 6.88. The molecule has 17 heavy (non-hydrogen) atoms. The average molecular weight is 232 g/mol. The van der Waals surface area contributed by atoms with Crippen LogP contribution in [-0.2, 0) is 6.54 Å². The van der Waals surface area contributed by atoms with Crippen molar-refractivity contribution in [1.29, 1.82) is 0 Å². The number of rotatable bonds is 7. The molecule has 94 valence electrons. The van der Waals surface area contributed by atoms with Gasteiger partial charge in [0, 0.05) is 18.3 Å². The molecule has 0 heterocycles. The Balaban J connectivity index is 1.88. The molecule has 0 bridgehead atoms. The molecule has 0 aromatic heterocycles. The normalized spacial score (nSPS) is 15.4. The third-order valence-corrected chi connectivity index (χ3v) is 3.45. The van der Waals surface area contributed by atoms with Gasteiger partial charge in [-0.1, -0.05) is 31.9 Å². The first-order chi connectivity index (χ1) is 8.29. The van der Waals surface area contributed by atoms with Gasteiger partial charge in [0.15, 0.2) is 0 Å². The number of unbranched alkanes of at least 4 members (excludes halogenated alkanes) is 2. The van der Waals surface area contributed by atoms with E-state index in [1.807, 2.05) is 6.07 Å². The van der Waals surface area contributed by atoms with Crippen LogP contribution in [0.2, 0.25) is 0 Å². The fourth-order valence-corrected chi connectivity index (χ4v) is 2.32. The van der Waals surface area contributed by atoms with Crippen LogP contribution >= 0.6 is 0 Å². The van der Waals surface area contributed by atoms with Gasteiger partial charge in [-0.3, -0.25) is 4.90 Å². The summed E-state index contributed by atoms with van der Waals surface area (Å²) < 4.78 is 0. The maximum atomic E-state index is 5.83. The zero-order valence-electron chi connectivity index (χ0n) is 10.9. The minimum Gasteiger partial charge on any atom is -0.399 e. The Hall–Kier alpha value is -1.02. The molecule has 0 saturated heterocycles. The smallest absolute Gasteiger partial charge is 0.0317 e. The van der Waals surface area contributed by atoms with Gasteiger partial charge in [-0.15, -0.1) is 0 Å². The van der Waals surface area contributed by atoms with Crippen molar-refractivity contribution in [1.82, 2.24) is 4.90 Å². The molecule has 1 fully saturated rings. The lowest BCUT2D eigenvalue weighted by molar-refractivity contribution is 0.249. The predicted molar refractivity (Wildman–Crippen MR) is 73.8 cm³/mol. The molecule has 0 spiro atoms. The van der Waals surface area contributed by atoms with Crippen LogP contribution in [0, 0.1) is 0 Å². The van der Waals surface area contributed by atoms with Gasteiger partial charge < -0.3 is 5.73 Å². The van der Waals surface area contributed by atoms with Crippen molar-refractivity contribution in [2.24, 2.45) is 0 Å². The molecule has 1 aliphatic rings. The molecule has 2 nitrogen and oxygen atoms in total. The van der Waals surface area contributed by atoms with E-state index in [1.165, 1.54) is 44.2 Å². The number of nitrogen functional groups attached to an aromatic ring is 1. The molecular weight excluding hydrogens is 208 g/mol. The van der Waals surface area contributed by atoms with Gasteiger partial charge in [0.1, 0.15) is 0 Å². The Morgan fingerprint density at radius 1 is 1.29 bits per heavy atom. The minimum atomic E-state index is 0.841. The van der Waals surface area contributed by atoms with Gasteiger partial charge in [0.05, 0.1) is 0 Å². The van der Waals surface area contributed by atoms with Gasteiger partial charge in [-0.2, -0.15) is 0 Å². The fourth-order valence-electron chi connectivity index (χ4n) is 2.32. The van der Waals surface area contributed by atoms with Crippen LogP contribution in [0.4, 0.5) is 5.69 Å². The zero-order chi connectivity index (χ0) is 12.1. The van der Waals surface area contributed by atoms with E-state index in [9.17, 15) is 0 Å². The Morgan fingerprint density at radius 3 is 2.76 bits per heavy atom. The number of hydrogen-bond acceptors (Lipinski definition) is 2. The van der Waals surface area contributed by atoms with Crippen LogP contribution in [-0.4, -0.2) is 17.5 Å². The number of hydrogen-bond donors (Lipinski definition) is 1. The topological polar surface area (TPSA) is 29.3 Å². The van der Waals surface area contributed by atoms with E-state index in [2.05, 4.69) is 30.0 Å². The predicted octanol–water partition coefficient (Wildman–Crippen LogP) is 3.42. The summed E-state index contributed by atoms with van der Waals surface area (Å²) in [5, 5.41) is 0. The van der Waals surface area contributed by atoms with Crippen LogP contribution < -0.4 is 5.73 Å². The van der Waals surface area contributed by atoms with Gasteiger partial charge >= 0.3 is 0 Å².